The molecule has 0 bridgehead atoms. The first-order valence-electron chi connectivity index (χ1n) is 10.8. The lowest BCUT2D eigenvalue weighted by Gasteiger charge is -2.22. The van der Waals surface area contributed by atoms with Gasteiger partial charge in [0.15, 0.2) is 0 Å². The van der Waals surface area contributed by atoms with Gasteiger partial charge in [-0.3, -0.25) is 4.79 Å². The van der Waals surface area contributed by atoms with Crippen LogP contribution < -0.4 is 5.32 Å². The van der Waals surface area contributed by atoms with E-state index in [0.29, 0.717) is 5.56 Å². The van der Waals surface area contributed by atoms with Crippen molar-refractivity contribution in [2.24, 2.45) is 0 Å². The summed E-state index contributed by atoms with van der Waals surface area (Å²) in [4.78, 5) is 14.4. The smallest absolute Gasteiger partial charge is 0.252 e. The molecule has 1 atom stereocenters. The van der Waals surface area contributed by atoms with Gasteiger partial charge in [0.25, 0.3) is 5.91 Å². The van der Waals surface area contributed by atoms with Crippen LogP contribution in [0.1, 0.15) is 44.2 Å². The fourth-order valence-corrected chi connectivity index (χ4v) is 4.52. The number of hydrogen-bond donors (Lipinski definition) is 1. The number of aryl methyl sites for hydroxylation is 2. The van der Waals surface area contributed by atoms with E-state index in [9.17, 15) is 4.79 Å². The lowest BCUT2D eigenvalue weighted by molar-refractivity contribution is 0.0943. The Bertz CT molecular complexity index is 1170. The predicted molar refractivity (Wildman–Crippen MR) is 134 cm³/mol. The minimum atomic E-state index is -0.193. The summed E-state index contributed by atoms with van der Waals surface area (Å²) in [7, 11) is 0. The van der Waals surface area contributed by atoms with Crippen LogP contribution in [0.4, 0.5) is 0 Å². The maximum atomic E-state index is 13.1. The highest BCUT2D eigenvalue weighted by Crippen LogP contribution is 2.26. The summed E-state index contributed by atoms with van der Waals surface area (Å²) < 4.78 is 0. The van der Waals surface area contributed by atoms with Crippen LogP contribution in [0.3, 0.4) is 0 Å². The summed E-state index contributed by atoms with van der Waals surface area (Å²) in [6, 6.07) is 34.6. The Balaban J connectivity index is 1.47. The van der Waals surface area contributed by atoms with E-state index in [2.05, 4.69) is 67.7 Å². The van der Waals surface area contributed by atoms with Crippen LogP contribution in [0.15, 0.2) is 108 Å². The average Bonchev–Trinajstić information content (AvgIpc) is 2.83. The van der Waals surface area contributed by atoms with Gasteiger partial charge in [0.2, 0.25) is 0 Å². The van der Waals surface area contributed by atoms with Crippen LogP contribution in [0.5, 0.6) is 0 Å². The van der Waals surface area contributed by atoms with Gasteiger partial charge in [-0.1, -0.05) is 84.4 Å². The quantitative estimate of drug-likeness (QED) is 0.312. The van der Waals surface area contributed by atoms with Crippen LogP contribution in [0.2, 0.25) is 0 Å². The van der Waals surface area contributed by atoms with Gasteiger partial charge in [-0.2, -0.15) is 0 Å². The van der Waals surface area contributed by atoms with Gasteiger partial charge < -0.3 is 5.32 Å². The lowest BCUT2D eigenvalue weighted by Crippen LogP contribution is -2.29. The summed E-state index contributed by atoms with van der Waals surface area (Å²) in [6.45, 7) is 4.18. The number of carbonyl (C=O) groups is 1. The molecule has 0 aromatic heterocycles. The SMILES string of the molecule is Cc1ccc(SCc2ccc(C(=O)N[C@@H](c3ccccc3)c3ccccc3C)cc2)cc1. The molecule has 4 rings (SSSR count). The molecule has 160 valence electrons. The van der Waals surface area contributed by atoms with Crippen LogP contribution in [0.25, 0.3) is 0 Å². The molecule has 4 aromatic rings. The molecule has 32 heavy (non-hydrogen) atoms. The summed E-state index contributed by atoms with van der Waals surface area (Å²) in [5, 5.41) is 3.25. The standard InChI is InChI=1S/C29H27NOS/c1-21-12-18-26(19-13-21)32-20-23-14-16-25(17-15-23)29(31)30-28(24-9-4-3-5-10-24)27-11-7-6-8-22(27)2/h3-19,28H,20H2,1-2H3,(H,30,31)/t28-/m0/s1. The number of thioether (sulfide) groups is 1. The molecule has 0 heterocycles. The Hall–Kier alpha value is -3.30. The number of amides is 1. The van der Waals surface area contributed by atoms with Crippen molar-refractivity contribution in [3.63, 3.8) is 0 Å². The van der Waals surface area contributed by atoms with E-state index in [1.165, 1.54) is 16.0 Å². The highest BCUT2D eigenvalue weighted by Gasteiger charge is 2.19. The zero-order valence-electron chi connectivity index (χ0n) is 18.4. The molecule has 1 N–H and O–H groups in total. The first-order valence-corrected chi connectivity index (χ1v) is 11.8. The predicted octanol–water partition coefficient (Wildman–Crippen LogP) is 7.12. The monoisotopic (exact) mass is 437 g/mol. The van der Waals surface area contributed by atoms with Gasteiger partial charge in [0.05, 0.1) is 6.04 Å². The van der Waals surface area contributed by atoms with Crippen molar-refractivity contribution in [1.82, 2.24) is 5.32 Å². The van der Waals surface area contributed by atoms with Gasteiger partial charge in [0, 0.05) is 16.2 Å². The van der Waals surface area contributed by atoms with Crippen molar-refractivity contribution in [3.05, 3.63) is 137 Å². The molecule has 0 aliphatic rings. The molecule has 3 heteroatoms. The van der Waals surface area contributed by atoms with Crippen LogP contribution in [-0.2, 0) is 5.75 Å². The molecule has 1 amide bonds. The zero-order chi connectivity index (χ0) is 22.3. The molecular weight excluding hydrogens is 410 g/mol. The molecule has 0 saturated heterocycles. The second kappa shape index (κ2) is 10.3. The number of carbonyl (C=O) groups excluding carboxylic acids is 1. The molecule has 0 aliphatic carbocycles. The Labute approximate surface area is 194 Å². The Kier molecular flexibility index (Phi) is 7.08. The molecule has 0 saturated carbocycles. The Morgan fingerprint density at radius 1 is 0.781 bits per heavy atom. The zero-order valence-corrected chi connectivity index (χ0v) is 19.2. The molecule has 0 unspecified atom stereocenters. The minimum absolute atomic E-state index is 0.0696. The third-order valence-corrected chi connectivity index (χ3v) is 6.63. The summed E-state index contributed by atoms with van der Waals surface area (Å²) in [5.41, 5.74) is 6.48. The number of rotatable bonds is 7. The van der Waals surface area contributed by atoms with Gasteiger partial charge in [-0.05, 0) is 60.4 Å². The van der Waals surface area contributed by atoms with Crippen LogP contribution in [-0.4, -0.2) is 5.91 Å². The topological polar surface area (TPSA) is 29.1 Å². The molecule has 0 fully saturated rings. The minimum Gasteiger partial charge on any atom is -0.341 e. The van der Waals surface area contributed by atoms with Crippen molar-refractivity contribution in [3.8, 4) is 0 Å². The van der Waals surface area contributed by atoms with Crippen LogP contribution in [0, 0.1) is 13.8 Å². The lowest BCUT2D eigenvalue weighted by atomic mass is 9.94. The second-order valence-electron chi connectivity index (χ2n) is 7.97. The average molecular weight is 438 g/mol. The Morgan fingerprint density at radius 3 is 2.12 bits per heavy atom. The summed E-state index contributed by atoms with van der Waals surface area (Å²) in [6.07, 6.45) is 0. The number of benzene rings is 4. The van der Waals surface area contributed by atoms with Crippen molar-refractivity contribution in [2.75, 3.05) is 0 Å². The fraction of sp³-hybridized carbons (Fsp3) is 0.138. The van der Waals surface area contributed by atoms with Crippen molar-refractivity contribution < 1.29 is 4.79 Å². The maximum Gasteiger partial charge on any atom is 0.252 e. The van der Waals surface area contributed by atoms with Crippen molar-refractivity contribution in [2.45, 2.75) is 30.5 Å². The third-order valence-electron chi connectivity index (χ3n) is 5.55. The van der Waals surface area contributed by atoms with Gasteiger partial charge in [-0.15, -0.1) is 11.8 Å². The molecule has 2 nitrogen and oxygen atoms in total. The maximum absolute atomic E-state index is 13.1. The molecular formula is C29H27NOS. The summed E-state index contributed by atoms with van der Waals surface area (Å²) in [5.74, 6) is 0.806. The van der Waals surface area contributed by atoms with E-state index in [0.717, 1.165) is 22.4 Å². The fourth-order valence-electron chi connectivity index (χ4n) is 3.66. The molecule has 0 spiro atoms. The van der Waals surface area contributed by atoms with Gasteiger partial charge in [-0.25, -0.2) is 0 Å². The first-order chi connectivity index (χ1) is 15.6. The van der Waals surface area contributed by atoms with Gasteiger partial charge >= 0.3 is 0 Å². The van der Waals surface area contributed by atoms with E-state index < -0.39 is 0 Å². The third kappa shape index (κ3) is 5.49. The van der Waals surface area contributed by atoms with E-state index in [1.807, 2.05) is 54.6 Å². The molecule has 0 radical (unpaired) electrons. The largest absolute Gasteiger partial charge is 0.341 e. The highest BCUT2D eigenvalue weighted by molar-refractivity contribution is 7.98. The van der Waals surface area contributed by atoms with E-state index in [-0.39, 0.29) is 11.9 Å². The normalized spacial score (nSPS) is 11.7. The van der Waals surface area contributed by atoms with Crippen molar-refractivity contribution in [1.29, 1.82) is 0 Å². The number of nitrogens with one attached hydrogen (secondary N) is 1. The molecule has 4 aromatic carbocycles. The Morgan fingerprint density at radius 2 is 1.44 bits per heavy atom. The van der Waals surface area contributed by atoms with E-state index in [1.54, 1.807) is 11.8 Å². The van der Waals surface area contributed by atoms with Gasteiger partial charge in [0.1, 0.15) is 0 Å². The summed E-state index contributed by atoms with van der Waals surface area (Å²) >= 11 is 1.80. The molecule has 0 aliphatic heterocycles. The first kappa shape index (κ1) is 21.9. The highest BCUT2D eigenvalue weighted by atomic mass is 32.2. The van der Waals surface area contributed by atoms with E-state index in [4.69, 9.17) is 0 Å². The van der Waals surface area contributed by atoms with Crippen molar-refractivity contribution >= 4 is 17.7 Å². The van der Waals surface area contributed by atoms with E-state index >= 15 is 0 Å². The number of hydrogen-bond acceptors (Lipinski definition) is 2. The van der Waals surface area contributed by atoms with Crippen LogP contribution >= 0.6 is 11.8 Å². The second-order valence-corrected chi connectivity index (χ2v) is 9.02.